The third-order valence-corrected chi connectivity index (χ3v) is 4.21. The van der Waals surface area contributed by atoms with Gasteiger partial charge >= 0.3 is 0 Å². The van der Waals surface area contributed by atoms with Crippen LogP contribution in [-0.2, 0) is 6.42 Å². The predicted octanol–water partition coefficient (Wildman–Crippen LogP) is 4.24. The molecule has 1 aliphatic heterocycles. The zero-order chi connectivity index (χ0) is 12.5. The van der Waals surface area contributed by atoms with Crippen LogP contribution >= 0.6 is 15.9 Å². The molecule has 18 heavy (non-hydrogen) atoms. The Morgan fingerprint density at radius 1 is 1.17 bits per heavy atom. The molecule has 0 aromatic heterocycles. The van der Waals surface area contributed by atoms with Crippen molar-refractivity contribution in [3.05, 3.63) is 65.0 Å². The Bertz CT molecular complexity index is 582. The van der Waals surface area contributed by atoms with Crippen LogP contribution in [0.2, 0.25) is 0 Å². The Kier molecular flexibility index (Phi) is 3.08. The SMILES string of the molecule is Fc1ccccc1C(Br)c1ccc2c(c1)CCO2. The van der Waals surface area contributed by atoms with Crippen LogP contribution in [0.3, 0.4) is 0 Å². The maximum Gasteiger partial charge on any atom is 0.127 e. The summed E-state index contributed by atoms with van der Waals surface area (Å²) in [6, 6.07) is 12.9. The molecule has 0 amide bonds. The van der Waals surface area contributed by atoms with Gasteiger partial charge in [-0.2, -0.15) is 0 Å². The van der Waals surface area contributed by atoms with E-state index in [-0.39, 0.29) is 10.6 Å². The van der Waals surface area contributed by atoms with E-state index in [1.165, 1.54) is 11.6 Å². The fourth-order valence-electron chi connectivity index (χ4n) is 2.22. The molecule has 1 atom stereocenters. The molecule has 0 saturated heterocycles. The lowest BCUT2D eigenvalue weighted by molar-refractivity contribution is 0.357. The van der Waals surface area contributed by atoms with Crippen LogP contribution in [0.4, 0.5) is 4.39 Å². The van der Waals surface area contributed by atoms with Crippen molar-refractivity contribution in [3.8, 4) is 5.75 Å². The van der Waals surface area contributed by atoms with Crippen LogP contribution < -0.4 is 4.74 Å². The van der Waals surface area contributed by atoms with E-state index in [1.54, 1.807) is 12.1 Å². The van der Waals surface area contributed by atoms with Gasteiger partial charge < -0.3 is 4.74 Å². The fourth-order valence-corrected chi connectivity index (χ4v) is 2.88. The summed E-state index contributed by atoms with van der Waals surface area (Å²) in [5, 5.41) is 0. The third-order valence-electron chi connectivity index (χ3n) is 3.18. The monoisotopic (exact) mass is 306 g/mol. The first kappa shape index (κ1) is 11.7. The summed E-state index contributed by atoms with van der Waals surface area (Å²) in [6.07, 6.45) is 0.931. The lowest BCUT2D eigenvalue weighted by Gasteiger charge is -2.12. The van der Waals surface area contributed by atoms with E-state index in [4.69, 9.17) is 4.74 Å². The maximum absolute atomic E-state index is 13.7. The van der Waals surface area contributed by atoms with E-state index in [9.17, 15) is 4.39 Å². The average molecular weight is 307 g/mol. The Morgan fingerprint density at radius 3 is 2.83 bits per heavy atom. The molecular formula is C15H12BrFO. The molecule has 2 aromatic carbocycles. The minimum atomic E-state index is -0.184. The molecule has 0 fully saturated rings. The topological polar surface area (TPSA) is 9.23 Å². The van der Waals surface area contributed by atoms with E-state index in [1.807, 2.05) is 18.2 Å². The highest BCUT2D eigenvalue weighted by atomic mass is 79.9. The van der Waals surface area contributed by atoms with E-state index >= 15 is 0 Å². The molecule has 3 heteroatoms. The fraction of sp³-hybridized carbons (Fsp3) is 0.200. The van der Waals surface area contributed by atoms with Crippen molar-refractivity contribution in [3.63, 3.8) is 0 Å². The van der Waals surface area contributed by atoms with Crippen LogP contribution in [0.1, 0.15) is 21.5 Å². The molecule has 0 bridgehead atoms. The largest absolute Gasteiger partial charge is 0.493 e. The molecule has 2 aromatic rings. The highest BCUT2D eigenvalue weighted by Gasteiger charge is 2.18. The summed E-state index contributed by atoms with van der Waals surface area (Å²) in [4.78, 5) is -0.121. The Labute approximate surface area is 114 Å². The number of benzene rings is 2. The minimum Gasteiger partial charge on any atom is -0.493 e. The summed E-state index contributed by atoms with van der Waals surface area (Å²) >= 11 is 3.57. The molecule has 0 N–H and O–H groups in total. The van der Waals surface area contributed by atoms with E-state index in [0.717, 1.165) is 24.3 Å². The van der Waals surface area contributed by atoms with Gasteiger partial charge in [-0.15, -0.1) is 0 Å². The number of hydrogen-bond donors (Lipinski definition) is 0. The number of ether oxygens (including phenoxy) is 1. The first-order chi connectivity index (χ1) is 8.75. The minimum absolute atomic E-state index is 0.121. The van der Waals surface area contributed by atoms with E-state index in [0.29, 0.717) is 5.56 Å². The van der Waals surface area contributed by atoms with Crippen molar-refractivity contribution in [2.24, 2.45) is 0 Å². The van der Waals surface area contributed by atoms with Gasteiger partial charge in [-0.05, 0) is 23.3 Å². The molecule has 0 aliphatic carbocycles. The molecule has 0 radical (unpaired) electrons. The summed E-state index contributed by atoms with van der Waals surface area (Å²) < 4.78 is 19.2. The summed E-state index contributed by atoms with van der Waals surface area (Å²) in [7, 11) is 0. The summed E-state index contributed by atoms with van der Waals surface area (Å²) in [5.74, 6) is 0.767. The van der Waals surface area contributed by atoms with Crippen molar-refractivity contribution in [1.29, 1.82) is 0 Å². The van der Waals surface area contributed by atoms with Gasteiger partial charge in [-0.1, -0.05) is 46.3 Å². The summed E-state index contributed by atoms with van der Waals surface area (Å²) in [6.45, 7) is 0.742. The van der Waals surface area contributed by atoms with Gasteiger partial charge in [0, 0.05) is 12.0 Å². The van der Waals surface area contributed by atoms with Gasteiger partial charge in [0.2, 0.25) is 0 Å². The highest BCUT2D eigenvalue weighted by Crippen LogP contribution is 2.35. The second-order valence-corrected chi connectivity index (χ2v) is 5.27. The van der Waals surface area contributed by atoms with Crippen molar-refractivity contribution >= 4 is 15.9 Å². The van der Waals surface area contributed by atoms with Gasteiger partial charge in [0.05, 0.1) is 11.4 Å². The molecule has 1 aliphatic rings. The van der Waals surface area contributed by atoms with E-state index in [2.05, 4.69) is 22.0 Å². The molecule has 1 heterocycles. The first-order valence-electron chi connectivity index (χ1n) is 5.90. The number of hydrogen-bond acceptors (Lipinski definition) is 1. The summed E-state index contributed by atoms with van der Waals surface area (Å²) in [5.41, 5.74) is 2.93. The highest BCUT2D eigenvalue weighted by molar-refractivity contribution is 9.09. The van der Waals surface area contributed by atoms with Crippen LogP contribution in [0.5, 0.6) is 5.75 Å². The lowest BCUT2D eigenvalue weighted by Crippen LogP contribution is -1.96. The van der Waals surface area contributed by atoms with Gasteiger partial charge in [-0.3, -0.25) is 0 Å². The third kappa shape index (κ3) is 2.03. The zero-order valence-electron chi connectivity index (χ0n) is 9.70. The van der Waals surface area contributed by atoms with Crippen molar-refractivity contribution in [2.75, 3.05) is 6.61 Å². The second-order valence-electron chi connectivity index (χ2n) is 4.35. The Hall–Kier alpha value is -1.35. The quantitative estimate of drug-likeness (QED) is 0.754. The van der Waals surface area contributed by atoms with Gasteiger partial charge in [0.25, 0.3) is 0 Å². The first-order valence-corrected chi connectivity index (χ1v) is 6.81. The molecule has 1 unspecified atom stereocenters. The molecule has 0 spiro atoms. The number of fused-ring (bicyclic) bond motifs is 1. The average Bonchev–Trinajstić information content (AvgIpc) is 2.85. The van der Waals surface area contributed by atoms with Crippen LogP contribution in [0.25, 0.3) is 0 Å². The standard InChI is InChI=1S/C15H12BrFO/c16-15(12-3-1-2-4-13(12)17)11-5-6-14-10(9-11)7-8-18-14/h1-6,9,15H,7-8H2. The molecule has 1 nitrogen and oxygen atoms in total. The Morgan fingerprint density at radius 2 is 2.00 bits per heavy atom. The molecule has 3 rings (SSSR count). The molecule has 92 valence electrons. The smallest absolute Gasteiger partial charge is 0.127 e. The van der Waals surface area contributed by atoms with Gasteiger partial charge in [0.15, 0.2) is 0 Å². The van der Waals surface area contributed by atoms with Crippen molar-refractivity contribution in [2.45, 2.75) is 11.2 Å². The van der Waals surface area contributed by atoms with Crippen molar-refractivity contribution in [1.82, 2.24) is 0 Å². The predicted molar refractivity (Wildman–Crippen MR) is 72.8 cm³/mol. The molecule has 0 saturated carbocycles. The van der Waals surface area contributed by atoms with E-state index < -0.39 is 0 Å². The zero-order valence-corrected chi connectivity index (χ0v) is 11.3. The van der Waals surface area contributed by atoms with Gasteiger partial charge in [0.1, 0.15) is 11.6 Å². The lowest BCUT2D eigenvalue weighted by atomic mass is 10.0. The van der Waals surface area contributed by atoms with Crippen molar-refractivity contribution < 1.29 is 9.13 Å². The number of rotatable bonds is 2. The normalized spacial score (nSPS) is 15.0. The maximum atomic E-state index is 13.7. The van der Waals surface area contributed by atoms with Crippen LogP contribution in [0.15, 0.2) is 42.5 Å². The second kappa shape index (κ2) is 4.73. The van der Waals surface area contributed by atoms with Crippen LogP contribution in [0, 0.1) is 5.82 Å². The van der Waals surface area contributed by atoms with Gasteiger partial charge in [-0.25, -0.2) is 4.39 Å². The number of halogens is 2. The molecular weight excluding hydrogens is 295 g/mol. The Balaban J connectivity index is 1.98. The number of alkyl halides is 1. The van der Waals surface area contributed by atoms with Crippen LogP contribution in [-0.4, -0.2) is 6.61 Å².